The Balaban J connectivity index is 1.68. The first-order valence-corrected chi connectivity index (χ1v) is 6.31. The second-order valence-corrected chi connectivity index (χ2v) is 5.16. The first-order valence-electron chi connectivity index (χ1n) is 6.31. The van der Waals surface area contributed by atoms with E-state index in [0.717, 1.165) is 12.5 Å². The Bertz CT molecular complexity index is 198. The van der Waals surface area contributed by atoms with Crippen LogP contribution in [-0.2, 0) is 4.74 Å². The Morgan fingerprint density at radius 2 is 2.13 bits per heavy atom. The van der Waals surface area contributed by atoms with Gasteiger partial charge in [-0.05, 0) is 51.0 Å². The molecule has 0 radical (unpaired) electrons. The highest BCUT2D eigenvalue weighted by Crippen LogP contribution is 2.25. The van der Waals surface area contributed by atoms with Gasteiger partial charge in [0.1, 0.15) is 0 Å². The summed E-state index contributed by atoms with van der Waals surface area (Å²) in [4.78, 5) is 0. The predicted octanol–water partition coefficient (Wildman–Crippen LogP) is 1.27. The third-order valence-corrected chi connectivity index (χ3v) is 4.01. The van der Waals surface area contributed by atoms with Crippen LogP contribution in [0.1, 0.15) is 38.5 Å². The van der Waals surface area contributed by atoms with Gasteiger partial charge in [0.2, 0.25) is 0 Å². The molecule has 3 nitrogen and oxygen atoms in total. The quantitative estimate of drug-likeness (QED) is 0.738. The average Bonchev–Trinajstić information content (AvgIpc) is 2.83. The molecule has 0 aliphatic heterocycles. The van der Waals surface area contributed by atoms with Gasteiger partial charge in [0.25, 0.3) is 0 Å². The van der Waals surface area contributed by atoms with Crippen LogP contribution in [0.25, 0.3) is 0 Å². The normalized spacial score (nSPS) is 41.2. The maximum absolute atomic E-state index is 5.91. The minimum absolute atomic E-state index is 0.445. The van der Waals surface area contributed by atoms with Crippen molar-refractivity contribution in [3.63, 3.8) is 0 Å². The summed E-state index contributed by atoms with van der Waals surface area (Å²) in [6.07, 6.45) is 7.97. The standard InChI is InChI=1S/C12H24N2O/c1-15-12-4-2-3-11(12)14-8-9-5-6-10(13)7-9/h9-12,14H,2-8,13H2,1H3. The van der Waals surface area contributed by atoms with Gasteiger partial charge < -0.3 is 15.8 Å². The van der Waals surface area contributed by atoms with E-state index in [2.05, 4.69) is 5.32 Å². The molecule has 2 aliphatic carbocycles. The molecule has 4 unspecified atom stereocenters. The van der Waals surface area contributed by atoms with E-state index in [4.69, 9.17) is 10.5 Å². The molecule has 0 saturated heterocycles. The van der Waals surface area contributed by atoms with E-state index in [1.165, 1.54) is 38.5 Å². The first-order chi connectivity index (χ1) is 7.29. The maximum Gasteiger partial charge on any atom is 0.0724 e. The van der Waals surface area contributed by atoms with Crippen molar-refractivity contribution in [2.75, 3.05) is 13.7 Å². The van der Waals surface area contributed by atoms with Crippen molar-refractivity contribution in [3.05, 3.63) is 0 Å². The van der Waals surface area contributed by atoms with E-state index >= 15 is 0 Å². The molecule has 0 amide bonds. The monoisotopic (exact) mass is 212 g/mol. The van der Waals surface area contributed by atoms with E-state index in [1.54, 1.807) is 0 Å². The van der Waals surface area contributed by atoms with Gasteiger partial charge >= 0.3 is 0 Å². The van der Waals surface area contributed by atoms with Crippen molar-refractivity contribution in [3.8, 4) is 0 Å². The van der Waals surface area contributed by atoms with E-state index in [-0.39, 0.29) is 0 Å². The largest absolute Gasteiger partial charge is 0.380 e. The summed E-state index contributed by atoms with van der Waals surface area (Å²) in [6.45, 7) is 1.14. The molecule has 2 rings (SSSR count). The zero-order valence-corrected chi connectivity index (χ0v) is 9.74. The van der Waals surface area contributed by atoms with Gasteiger partial charge in [-0.2, -0.15) is 0 Å². The van der Waals surface area contributed by atoms with Gasteiger partial charge in [0.15, 0.2) is 0 Å². The summed E-state index contributed by atoms with van der Waals surface area (Å²) < 4.78 is 5.47. The molecule has 2 saturated carbocycles. The van der Waals surface area contributed by atoms with Crippen LogP contribution in [0, 0.1) is 5.92 Å². The van der Waals surface area contributed by atoms with Gasteiger partial charge in [0, 0.05) is 19.2 Å². The molecule has 0 spiro atoms. The van der Waals surface area contributed by atoms with Crippen LogP contribution in [0.15, 0.2) is 0 Å². The Morgan fingerprint density at radius 1 is 1.27 bits per heavy atom. The van der Waals surface area contributed by atoms with Crippen molar-refractivity contribution in [1.29, 1.82) is 0 Å². The highest BCUT2D eigenvalue weighted by atomic mass is 16.5. The number of ether oxygens (including phenoxy) is 1. The fourth-order valence-corrected chi connectivity index (χ4v) is 3.06. The van der Waals surface area contributed by atoms with Crippen LogP contribution in [0.4, 0.5) is 0 Å². The molecular weight excluding hydrogens is 188 g/mol. The number of nitrogens with two attached hydrogens (primary N) is 1. The van der Waals surface area contributed by atoms with Crippen LogP contribution >= 0.6 is 0 Å². The fourth-order valence-electron chi connectivity index (χ4n) is 3.06. The van der Waals surface area contributed by atoms with Crippen molar-refractivity contribution >= 4 is 0 Å². The number of rotatable bonds is 4. The number of nitrogens with one attached hydrogen (secondary N) is 1. The highest BCUT2D eigenvalue weighted by Gasteiger charge is 2.28. The Kier molecular flexibility index (Phi) is 4.00. The Hall–Kier alpha value is -0.120. The average molecular weight is 212 g/mol. The second kappa shape index (κ2) is 5.28. The van der Waals surface area contributed by atoms with Crippen LogP contribution in [0.3, 0.4) is 0 Å². The molecule has 3 N–H and O–H groups in total. The molecule has 3 heteroatoms. The van der Waals surface area contributed by atoms with Gasteiger partial charge in [-0.15, -0.1) is 0 Å². The number of hydrogen-bond donors (Lipinski definition) is 2. The summed E-state index contributed by atoms with van der Waals surface area (Å²) >= 11 is 0. The van der Waals surface area contributed by atoms with Crippen molar-refractivity contribution in [2.45, 2.75) is 56.7 Å². The van der Waals surface area contributed by atoms with Gasteiger partial charge in [-0.1, -0.05) is 0 Å². The summed E-state index contributed by atoms with van der Waals surface area (Å²) in [6, 6.07) is 1.05. The summed E-state index contributed by atoms with van der Waals surface area (Å²) in [5, 5.41) is 3.66. The fraction of sp³-hybridized carbons (Fsp3) is 1.00. The minimum atomic E-state index is 0.445. The maximum atomic E-state index is 5.91. The molecule has 0 heterocycles. The molecule has 4 atom stereocenters. The zero-order chi connectivity index (χ0) is 10.7. The summed E-state index contributed by atoms with van der Waals surface area (Å²) in [5.41, 5.74) is 5.91. The topological polar surface area (TPSA) is 47.3 Å². The van der Waals surface area contributed by atoms with Gasteiger partial charge in [0.05, 0.1) is 6.10 Å². The molecule has 15 heavy (non-hydrogen) atoms. The lowest BCUT2D eigenvalue weighted by Gasteiger charge is -2.21. The molecular formula is C12H24N2O. The lowest BCUT2D eigenvalue weighted by Crippen LogP contribution is -2.39. The van der Waals surface area contributed by atoms with Crippen molar-refractivity contribution < 1.29 is 4.74 Å². The minimum Gasteiger partial charge on any atom is -0.380 e. The van der Waals surface area contributed by atoms with Crippen molar-refractivity contribution in [2.24, 2.45) is 11.7 Å². The van der Waals surface area contributed by atoms with E-state index in [9.17, 15) is 0 Å². The summed E-state index contributed by atoms with van der Waals surface area (Å²) in [7, 11) is 1.83. The Morgan fingerprint density at radius 3 is 2.80 bits per heavy atom. The number of methoxy groups -OCH3 is 1. The van der Waals surface area contributed by atoms with E-state index in [1.807, 2.05) is 7.11 Å². The van der Waals surface area contributed by atoms with Crippen LogP contribution in [0.2, 0.25) is 0 Å². The molecule has 88 valence electrons. The SMILES string of the molecule is COC1CCCC1NCC1CCC(N)C1. The third kappa shape index (κ3) is 2.92. The molecule has 0 aromatic heterocycles. The lowest BCUT2D eigenvalue weighted by atomic mass is 10.1. The molecule has 2 aliphatic rings. The molecule has 0 bridgehead atoms. The zero-order valence-electron chi connectivity index (χ0n) is 9.74. The van der Waals surface area contributed by atoms with E-state index in [0.29, 0.717) is 18.2 Å². The van der Waals surface area contributed by atoms with Gasteiger partial charge in [-0.3, -0.25) is 0 Å². The first kappa shape index (κ1) is 11.4. The van der Waals surface area contributed by atoms with Crippen LogP contribution in [0.5, 0.6) is 0 Å². The van der Waals surface area contributed by atoms with Gasteiger partial charge in [-0.25, -0.2) is 0 Å². The highest BCUT2D eigenvalue weighted by molar-refractivity contribution is 4.86. The third-order valence-electron chi connectivity index (χ3n) is 4.01. The van der Waals surface area contributed by atoms with Crippen LogP contribution in [-0.4, -0.2) is 31.8 Å². The molecule has 0 aromatic rings. The predicted molar refractivity (Wildman–Crippen MR) is 61.8 cm³/mol. The Labute approximate surface area is 92.7 Å². The molecule has 2 fully saturated rings. The van der Waals surface area contributed by atoms with Crippen LogP contribution < -0.4 is 11.1 Å². The smallest absolute Gasteiger partial charge is 0.0724 e. The number of hydrogen-bond acceptors (Lipinski definition) is 3. The van der Waals surface area contributed by atoms with Crippen molar-refractivity contribution in [1.82, 2.24) is 5.32 Å². The second-order valence-electron chi connectivity index (χ2n) is 5.16. The summed E-state index contributed by atoms with van der Waals surface area (Å²) in [5.74, 6) is 0.804. The van der Waals surface area contributed by atoms with E-state index < -0.39 is 0 Å². The lowest BCUT2D eigenvalue weighted by molar-refractivity contribution is 0.0839. The molecule has 0 aromatic carbocycles.